The second-order valence-electron chi connectivity index (χ2n) is 10.2. The summed E-state index contributed by atoms with van der Waals surface area (Å²) in [4.78, 5) is 16.0. The molecule has 1 unspecified atom stereocenters. The van der Waals surface area contributed by atoms with Gasteiger partial charge in [-0.2, -0.15) is 9.97 Å². The maximum absolute atomic E-state index is 9.84. The first kappa shape index (κ1) is 21.0. The normalized spacial score (nSPS) is 30.6. The fraction of sp³-hybridized carbons (Fsp3) is 0.542. The Morgan fingerprint density at radius 2 is 1.94 bits per heavy atom. The van der Waals surface area contributed by atoms with Gasteiger partial charge in [-0.05, 0) is 49.4 Å². The van der Waals surface area contributed by atoms with Gasteiger partial charge in [0.25, 0.3) is 0 Å². The van der Waals surface area contributed by atoms with Gasteiger partial charge in [0.1, 0.15) is 18.3 Å². The lowest BCUT2D eigenvalue weighted by atomic mass is 9.75. The molecule has 7 rings (SSSR count). The third-order valence-electron chi connectivity index (χ3n) is 7.70. The van der Waals surface area contributed by atoms with Crippen LogP contribution in [0.1, 0.15) is 37.6 Å². The summed E-state index contributed by atoms with van der Waals surface area (Å²) in [6, 6.07) is 8.73. The van der Waals surface area contributed by atoms with Gasteiger partial charge in [0.2, 0.25) is 5.28 Å². The monoisotopic (exact) mass is 483 g/mol. The summed E-state index contributed by atoms with van der Waals surface area (Å²) in [5.41, 5.74) is 4.33. The van der Waals surface area contributed by atoms with Crippen LogP contribution >= 0.6 is 11.6 Å². The highest BCUT2D eigenvalue weighted by molar-refractivity contribution is 6.28. The first-order valence-corrected chi connectivity index (χ1v) is 12.1. The third-order valence-corrected chi connectivity index (χ3v) is 7.87. The average Bonchev–Trinajstić information content (AvgIpc) is 3.52. The number of benzene rings is 1. The number of anilines is 1. The summed E-state index contributed by atoms with van der Waals surface area (Å²) < 4.78 is 20.1. The van der Waals surface area contributed by atoms with Crippen molar-refractivity contribution >= 4 is 28.6 Å². The van der Waals surface area contributed by atoms with Crippen LogP contribution in [0.25, 0.3) is 11.2 Å². The number of rotatable bonds is 3. The zero-order valence-corrected chi connectivity index (χ0v) is 19.8. The van der Waals surface area contributed by atoms with E-state index >= 15 is 0 Å². The number of aliphatic hydroxyl groups is 1. The summed E-state index contributed by atoms with van der Waals surface area (Å²) >= 11 is 6.40. The van der Waals surface area contributed by atoms with Gasteiger partial charge in [0, 0.05) is 18.5 Å². The minimum atomic E-state index is -0.761. The molecule has 3 aromatic rings. The first-order chi connectivity index (χ1) is 16.4. The van der Waals surface area contributed by atoms with Crippen LogP contribution in [0.2, 0.25) is 5.28 Å². The van der Waals surface area contributed by atoms with Crippen LogP contribution in [-0.4, -0.2) is 68.4 Å². The molecule has 3 aliphatic heterocycles. The van der Waals surface area contributed by atoms with E-state index in [0.717, 1.165) is 31.7 Å². The van der Waals surface area contributed by atoms with Gasteiger partial charge in [0.05, 0.1) is 12.9 Å². The Labute approximate surface area is 201 Å². The Morgan fingerprint density at radius 1 is 1.15 bits per heavy atom. The van der Waals surface area contributed by atoms with E-state index in [-0.39, 0.29) is 23.4 Å². The average molecular weight is 484 g/mol. The molecule has 2 aromatic heterocycles. The molecule has 4 aliphatic rings. The quantitative estimate of drug-likeness (QED) is 0.568. The van der Waals surface area contributed by atoms with Crippen molar-refractivity contribution < 1.29 is 19.3 Å². The molecule has 3 fully saturated rings. The number of hydrogen-bond donors (Lipinski definition) is 1. The van der Waals surface area contributed by atoms with E-state index in [1.165, 1.54) is 11.1 Å². The molecule has 1 aromatic carbocycles. The Balaban J connectivity index is 1.23. The molecule has 9 nitrogen and oxygen atoms in total. The summed E-state index contributed by atoms with van der Waals surface area (Å²) in [6.45, 7) is 5.31. The second-order valence-corrected chi connectivity index (χ2v) is 10.6. The number of hydrogen-bond acceptors (Lipinski definition) is 8. The van der Waals surface area contributed by atoms with Gasteiger partial charge >= 0.3 is 0 Å². The summed E-state index contributed by atoms with van der Waals surface area (Å²) in [5, 5.41) is 10.0. The van der Waals surface area contributed by atoms with Crippen molar-refractivity contribution in [1.82, 2.24) is 19.5 Å². The predicted molar refractivity (Wildman–Crippen MR) is 124 cm³/mol. The predicted octanol–water partition coefficient (Wildman–Crippen LogP) is 2.59. The molecular formula is C24H26ClN5O4. The van der Waals surface area contributed by atoms with Gasteiger partial charge in [0.15, 0.2) is 29.0 Å². The molecule has 3 saturated heterocycles. The zero-order chi connectivity index (χ0) is 23.2. The molecule has 5 heterocycles. The van der Waals surface area contributed by atoms with Crippen molar-refractivity contribution in [2.24, 2.45) is 0 Å². The van der Waals surface area contributed by atoms with Crippen molar-refractivity contribution in [2.45, 2.75) is 62.4 Å². The lowest BCUT2D eigenvalue weighted by Crippen LogP contribution is -2.58. The number of aromatic nitrogens is 4. The van der Waals surface area contributed by atoms with Gasteiger partial charge in [-0.1, -0.05) is 24.3 Å². The maximum atomic E-state index is 9.84. The fourth-order valence-electron chi connectivity index (χ4n) is 6.24. The Kier molecular flexibility index (Phi) is 4.40. The molecule has 1 spiro atoms. The number of imidazole rings is 1. The molecule has 0 bridgehead atoms. The highest BCUT2D eigenvalue weighted by Gasteiger charge is 2.56. The Hall–Kier alpha value is -2.30. The highest BCUT2D eigenvalue weighted by atomic mass is 35.5. The number of ether oxygens (including phenoxy) is 3. The third kappa shape index (κ3) is 2.91. The zero-order valence-electron chi connectivity index (χ0n) is 19.0. The molecule has 10 heteroatoms. The van der Waals surface area contributed by atoms with Crippen LogP contribution in [0.4, 0.5) is 5.82 Å². The van der Waals surface area contributed by atoms with Crippen molar-refractivity contribution in [3.8, 4) is 0 Å². The highest BCUT2D eigenvalue weighted by Crippen LogP contribution is 2.48. The SMILES string of the molecule is CC1(C)OC2[C@@H](CO)O[C@@H](n3cnc4c(N5CC6(CCc7ccccc76)C5)nc(Cl)nc43)[C@H]2O1. The van der Waals surface area contributed by atoms with E-state index in [9.17, 15) is 5.11 Å². The van der Waals surface area contributed by atoms with E-state index in [4.69, 9.17) is 25.8 Å². The van der Waals surface area contributed by atoms with E-state index < -0.39 is 24.2 Å². The lowest BCUT2D eigenvalue weighted by Gasteiger charge is -2.49. The van der Waals surface area contributed by atoms with Crippen molar-refractivity contribution in [3.05, 3.63) is 47.0 Å². The van der Waals surface area contributed by atoms with Gasteiger partial charge in [-0.15, -0.1) is 0 Å². The second kappa shape index (κ2) is 7.11. The molecule has 178 valence electrons. The van der Waals surface area contributed by atoms with Crippen LogP contribution in [0, 0.1) is 0 Å². The van der Waals surface area contributed by atoms with Crippen LogP contribution in [-0.2, 0) is 26.0 Å². The Bertz CT molecular complexity index is 1290. The van der Waals surface area contributed by atoms with Crippen LogP contribution < -0.4 is 4.90 Å². The minimum Gasteiger partial charge on any atom is -0.394 e. The Morgan fingerprint density at radius 3 is 2.76 bits per heavy atom. The van der Waals surface area contributed by atoms with Crippen LogP contribution in [0.5, 0.6) is 0 Å². The molecule has 0 amide bonds. The summed E-state index contributed by atoms with van der Waals surface area (Å²) in [5.74, 6) is -0.0245. The lowest BCUT2D eigenvalue weighted by molar-refractivity contribution is -0.199. The fourth-order valence-corrected chi connectivity index (χ4v) is 6.40. The van der Waals surface area contributed by atoms with Crippen molar-refractivity contribution in [3.63, 3.8) is 0 Å². The van der Waals surface area contributed by atoms with Crippen molar-refractivity contribution in [2.75, 3.05) is 24.6 Å². The van der Waals surface area contributed by atoms with E-state index in [1.54, 1.807) is 6.33 Å². The number of aryl methyl sites for hydroxylation is 1. The molecule has 34 heavy (non-hydrogen) atoms. The number of nitrogens with zero attached hydrogens (tertiary/aromatic N) is 5. The molecule has 1 N–H and O–H groups in total. The minimum absolute atomic E-state index is 0.161. The molecule has 4 atom stereocenters. The summed E-state index contributed by atoms with van der Waals surface area (Å²) in [6.07, 6.45) is 2.13. The van der Waals surface area contributed by atoms with Gasteiger partial charge in [-0.25, -0.2) is 4.98 Å². The standard InChI is InChI=1S/C24H26ClN5O4/c1-23(2)33-17-15(9-31)32-21(18(17)34-23)30-12-26-16-19(27-22(25)28-20(16)30)29-10-24(11-29)8-7-13-5-3-4-6-14(13)24/h3-6,12,15,17-18,21,31H,7-11H2,1-2H3/t15-,17?,18+,21-/m1/s1. The number of fused-ring (bicyclic) bond motifs is 4. The maximum Gasteiger partial charge on any atom is 0.226 e. The van der Waals surface area contributed by atoms with E-state index in [2.05, 4.69) is 44.1 Å². The molecule has 0 radical (unpaired) electrons. The van der Waals surface area contributed by atoms with E-state index in [0.29, 0.717) is 11.2 Å². The molecule has 1 aliphatic carbocycles. The van der Waals surface area contributed by atoms with Gasteiger partial charge < -0.3 is 24.2 Å². The van der Waals surface area contributed by atoms with E-state index in [1.807, 2.05) is 18.4 Å². The molecular weight excluding hydrogens is 458 g/mol. The number of halogens is 1. The first-order valence-electron chi connectivity index (χ1n) is 11.7. The van der Waals surface area contributed by atoms with Crippen LogP contribution in [0.3, 0.4) is 0 Å². The van der Waals surface area contributed by atoms with Crippen molar-refractivity contribution in [1.29, 1.82) is 0 Å². The topological polar surface area (TPSA) is 94.8 Å². The van der Waals surface area contributed by atoms with Gasteiger partial charge in [-0.3, -0.25) is 4.57 Å². The largest absolute Gasteiger partial charge is 0.394 e. The summed E-state index contributed by atoms with van der Waals surface area (Å²) in [7, 11) is 0. The van der Waals surface area contributed by atoms with Crippen LogP contribution in [0.15, 0.2) is 30.6 Å². The molecule has 0 saturated carbocycles. The smallest absolute Gasteiger partial charge is 0.226 e. The number of aliphatic hydroxyl groups excluding tert-OH is 1.